The smallest absolute Gasteiger partial charge is 0.307 e. The fraction of sp³-hybridized carbons (Fsp3) is 0.775. The van der Waals surface area contributed by atoms with Crippen LogP contribution in [-0.2, 0) is 38.2 Å². The quantitative estimate of drug-likeness (QED) is 0.150. The number of esters is 3. The number of allylic oxidation sites excluding steroid dienone is 2. The Kier molecular flexibility index (Phi) is 9.74. The normalized spacial score (nSPS) is 39.2. The molecule has 0 bridgehead atoms. The number of hydrogen-bond donors (Lipinski definition) is 1. The van der Waals surface area contributed by atoms with Crippen LogP contribution in [0.4, 0.5) is 0 Å². The molecule has 12 atom stereocenters. The Hall–Kier alpha value is -2.81. The summed E-state index contributed by atoms with van der Waals surface area (Å²) < 4.78 is 17.5. The second kappa shape index (κ2) is 12.8. The summed E-state index contributed by atoms with van der Waals surface area (Å²) in [5.41, 5.74) is -1.06. The predicted octanol–water partition coefficient (Wildman–Crippen LogP) is 6.35. The molecule has 5 aliphatic rings. The van der Waals surface area contributed by atoms with Crippen LogP contribution in [0, 0.1) is 57.2 Å². The summed E-state index contributed by atoms with van der Waals surface area (Å²) in [4.78, 5) is 65.3. The molecule has 0 aromatic rings. The van der Waals surface area contributed by atoms with Gasteiger partial charge in [0.25, 0.3) is 0 Å². The minimum atomic E-state index is -1.25. The van der Waals surface area contributed by atoms with Crippen molar-refractivity contribution in [2.75, 3.05) is 6.61 Å². The Bertz CT molecular complexity index is 1440. The third-order valence-electron chi connectivity index (χ3n) is 14.0. The third kappa shape index (κ3) is 6.03. The molecule has 0 aliphatic heterocycles. The van der Waals surface area contributed by atoms with Gasteiger partial charge in [0.1, 0.15) is 11.7 Å². The van der Waals surface area contributed by atoms with Crippen molar-refractivity contribution >= 4 is 29.5 Å². The molecule has 0 saturated heterocycles. The third-order valence-corrected chi connectivity index (χ3v) is 14.0. The van der Waals surface area contributed by atoms with Gasteiger partial charge >= 0.3 is 17.9 Å². The summed E-state index contributed by atoms with van der Waals surface area (Å²) in [6, 6.07) is 0. The van der Waals surface area contributed by atoms with Crippen LogP contribution in [0.2, 0.25) is 0 Å². The number of aliphatic hydroxyl groups excluding tert-OH is 1. The van der Waals surface area contributed by atoms with E-state index >= 15 is 0 Å². The SMILES string of the molecule is C=C(C(=O)[C@H](OC(=O)CCC(=O)OC(C)(C)C)[C@@H](C)[C@H]1[C@@H](OC(C)=O)C[C@@]2(C)[C@@H]3CC[C@H]4[C@H](C)C(=O)C=C[C@@]45C[C@@]35CC[C@]12C)[C@@H](C)CO. The summed E-state index contributed by atoms with van der Waals surface area (Å²) in [6.07, 6.45) is 7.33. The molecule has 0 radical (unpaired) electrons. The lowest BCUT2D eigenvalue weighted by atomic mass is 9.43. The fourth-order valence-corrected chi connectivity index (χ4v) is 11.6. The molecule has 9 heteroatoms. The van der Waals surface area contributed by atoms with Crippen molar-refractivity contribution in [2.24, 2.45) is 57.2 Å². The number of carbonyl (C=O) groups is 5. The molecule has 0 unspecified atom stereocenters. The van der Waals surface area contributed by atoms with Crippen LogP contribution in [0.25, 0.3) is 0 Å². The molecule has 272 valence electrons. The Morgan fingerprint density at radius 1 is 1.04 bits per heavy atom. The highest BCUT2D eigenvalue weighted by atomic mass is 16.6. The van der Waals surface area contributed by atoms with Crippen LogP contribution in [0.5, 0.6) is 0 Å². The van der Waals surface area contributed by atoms with E-state index in [4.69, 9.17) is 14.2 Å². The summed E-state index contributed by atoms with van der Waals surface area (Å²) in [6.45, 7) is 20.6. The van der Waals surface area contributed by atoms with E-state index < -0.39 is 53.3 Å². The van der Waals surface area contributed by atoms with Crippen molar-refractivity contribution in [2.45, 2.75) is 131 Å². The van der Waals surface area contributed by atoms with Gasteiger partial charge in [-0.1, -0.05) is 47.3 Å². The van der Waals surface area contributed by atoms with Crippen LogP contribution < -0.4 is 0 Å². The van der Waals surface area contributed by atoms with Crippen molar-refractivity contribution in [3.8, 4) is 0 Å². The topological polar surface area (TPSA) is 133 Å². The maximum atomic E-state index is 14.2. The Labute approximate surface area is 292 Å². The molecule has 2 spiro atoms. The van der Waals surface area contributed by atoms with Crippen molar-refractivity contribution in [3.05, 3.63) is 24.3 Å². The highest BCUT2D eigenvalue weighted by Crippen LogP contribution is 2.87. The number of ether oxygens (including phenoxy) is 3. The van der Waals surface area contributed by atoms with Gasteiger partial charge in [-0.2, -0.15) is 0 Å². The highest BCUT2D eigenvalue weighted by Gasteiger charge is 2.81. The number of hydrogen-bond acceptors (Lipinski definition) is 9. The molecule has 0 aromatic heterocycles. The van der Waals surface area contributed by atoms with Crippen LogP contribution >= 0.6 is 0 Å². The molecule has 4 saturated carbocycles. The van der Waals surface area contributed by atoms with E-state index in [2.05, 4.69) is 33.4 Å². The van der Waals surface area contributed by atoms with E-state index in [1.807, 2.05) is 13.0 Å². The molecule has 1 N–H and O–H groups in total. The van der Waals surface area contributed by atoms with Gasteiger partial charge in [-0.05, 0) is 104 Å². The lowest BCUT2D eigenvalue weighted by Gasteiger charge is -2.61. The largest absolute Gasteiger partial charge is 0.462 e. The number of aliphatic hydroxyl groups is 1. The first kappa shape index (κ1) is 37.4. The van der Waals surface area contributed by atoms with Crippen LogP contribution in [0.15, 0.2) is 24.3 Å². The van der Waals surface area contributed by atoms with Crippen molar-refractivity contribution in [1.82, 2.24) is 0 Å². The first-order chi connectivity index (χ1) is 22.7. The summed E-state index contributed by atoms with van der Waals surface area (Å²) in [7, 11) is 0. The van der Waals surface area contributed by atoms with Gasteiger partial charge in [0.05, 0.1) is 12.8 Å². The average molecular weight is 683 g/mol. The van der Waals surface area contributed by atoms with Crippen LogP contribution in [-0.4, -0.2) is 59.0 Å². The average Bonchev–Trinajstić information content (AvgIpc) is 3.62. The lowest BCUT2D eigenvalue weighted by molar-refractivity contribution is -0.169. The highest BCUT2D eigenvalue weighted by molar-refractivity contribution is 6.00. The van der Waals surface area contributed by atoms with Crippen molar-refractivity contribution in [3.63, 3.8) is 0 Å². The van der Waals surface area contributed by atoms with Gasteiger partial charge in [-0.3, -0.25) is 24.0 Å². The van der Waals surface area contributed by atoms with Crippen molar-refractivity contribution in [1.29, 1.82) is 0 Å². The summed E-state index contributed by atoms with van der Waals surface area (Å²) >= 11 is 0. The van der Waals surface area contributed by atoms with E-state index in [-0.39, 0.29) is 64.3 Å². The molecule has 5 aliphatic carbocycles. The number of carbonyl (C=O) groups excluding carboxylic acids is 5. The van der Waals surface area contributed by atoms with Gasteiger partial charge in [0.2, 0.25) is 0 Å². The zero-order valence-electron chi connectivity index (χ0n) is 31.1. The second-order valence-electron chi connectivity index (χ2n) is 17.7. The molecule has 0 aromatic carbocycles. The Morgan fingerprint density at radius 2 is 1.69 bits per heavy atom. The van der Waals surface area contributed by atoms with Crippen LogP contribution in [0.3, 0.4) is 0 Å². The molecule has 0 amide bonds. The molecular formula is C40H58O9. The lowest BCUT2D eigenvalue weighted by Crippen LogP contribution is -2.56. The Balaban J connectivity index is 1.48. The molecular weight excluding hydrogens is 624 g/mol. The van der Waals surface area contributed by atoms with E-state index in [0.717, 1.165) is 32.1 Å². The molecule has 5 rings (SSSR count). The first-order valence-corrected chi connectivity index (χ1v) is 18.3. The van der Waals surface area contributed by atoms with E-state index in [9.17, 15) is 29.1 Å². The monoisotopic (exact) mass is 682 g/mol. The first-order valence-electron chi connectivity index (χ1n) is 18.3. The van der Waals surface area contributed by atoms with E-state index in [1.165, 1.54) is 6.92 Å². The maximum Gasteiger partial charge on any atom is 0.307 e. The van der Waals surface area contributed by atoms with E-state index in [1.54, 1.807) is 27.7 Å². The predicted molar refractivity (Wildman–Crippen MR) is 183 cm³/mol. The van der Waals surface area contributed by atoms with Crippen LogP contribution in [0.1, 0.15) is 114 Å². The summed E-state index contributed by atoms with van der Waals surface area (Å²) in [5, 5.41) is 9.87. The zero-order valence-corrected chi connectivity index (χ0v) is 31.1. The standard InChI is InChI=1S/C40H58O9/c1-22(20-41)23(2)34(46)35(48-31(44)13-14-32(45)49-36(6,7)8)25(4)33-29(47-26(5)42)19-38(10)30-12-11-27-24(3)28(43)15-16-39(27)21-40(30,39)18-17-37(33,38)9/h15-16,22,24-25,27,29-30,33,35,41H,2,11-14,17-21H2,1,3-10H3/t22-,24-,25-,27-,29-,30-,33-,35+,37+,38-,39+,40-/m0/s1. The number of rotatable bonds is 11. The Morgan fingerprint density at radius 3 is 2.31 bits per heavy atom. The molecule has 4 fully saturated rings. The molecule has 0 heterocycles. The van der Waals surface area contributed by atoms with Gasteiger partial charge in [0, 0.05) is 37.2 Å². The van der Waals surface area contributed by atoms with Gasteiger partial charge < -0.3 is 19.3 Å². The number of Topliss-reactive ketones (excluding diaryl/α,β-unsaturated/α-hetero) is 1. The van der Waals surface area contributed by atoms with Gasteiger partial charge in [-0.15, -0.1) is 0 Å². The van der Waals surface area contributed by atoms with Crippen molar-refractivity contribution < 1.29 is 43.3 Å². The minimum Gasteiger partial charge on any atom is -0.462 e. The zero-order chi connectivity index (χ0) is 36.5. The fourth-order valence-electron chi connectivity index (χ4n) is 11.6. The maximum absolute atomic E-state index is 14.2. The second-order valence-corrected chi connectivity index (χ2v) is 17.7. The molecule has 9 nitrogen and oxygen atoms in total. The van der Waals surface area contributed by atoms with Gasteiger partial charge in [-0.25, -0.2) is 0 Å². The van der Waals surface area contributed by atoms with E-state index in [0.29, 0.717) is 18.3 Å². The minimum absolute atomic E-state index is 0.0165. The van der Waals surface area contributed by atoms with Gasteiger partial charge in [0.15, 0.2) is 17.7 Å². The number of fused-ring (bicyclic) bond motifs is 2. The summed E-state index contributed by atoms with van der Waals surface area (Å²) in [5.74, 6) is -2.63. The molecule has 49 heavy (non-hydrogen) atoms. The number of ketones is 2.